The molecule has 2 nitrogen and oxygen atoms in total. The van der Waals surface area contributed by atoms with Gasteiger partial charge in [0.25, 0.3) is 0 Å². The van der Waals surface area contributed by atoms with Crippen molar-refractivity contribution in [2.45, 2.75) is 52.1 Å². The summed E-state index contributed by atoms with van der Waals surface area (Å²) < 4.78 is 1.13. The quantitative estimate of drug-likeness (QED) is 0.595. The molecule has 2 heteroatoms. The van der Waals surface area contributed by atoms with Gasteiger partial charge in [0, 0.05) is 0 Å². The minimum absolute atomic E-state index is 0.274. The molecule has 0 aromatic heterocycles. The van der Waals surface area contributed by atoms with Crippen LogP contribution in [-0.4, -0.2) is 36.8 Å². The van der Waals surface area contributed by atoms with Gasteiger partial charge in [-0.25, -0.2) is 0 Å². The fourth-order valence-electron chi connectivity index (χ4n) is 2.54. The van der Waals surface area contributed by atoms with Gasteiger partial charge in [0.1, 0.15) is 0 Å². The van der Waals surface area contributed by atoms with Crippen LogP contribution in [0.1, 0.15) is 46.0 Å². The Hall–Kier alpha value is -0.0800. The van der Waals surface area contributed by atoms with Gasteiger partial charge in [-0.3, -0.25) is 0 Å². The van der Waals surface area contributed by atoms with E-state index in [0.29, 0.717) is 0 Å². The first-order valence-electron chi connectivity index (χ1n) is 6.23. The van der Waals surface area contributed by atoms with Gasteiger partial charge in [-0.1, -0.05) is 32.8 Å². The molecule has 0 aromatic rings. The molecule has 84 valence electrons. The molecule has 0 bridgehead atoms. The van der Waals surface area contributed by atoms with E-state index < -0.39 is 0 Å². The number of unbranched alkanes of at least 4 members (excludes halogenated alkanes) is 2. The molecule has 0 aliphatic carbocycles. The maximum atomic E-state index is 11.5. The van der Waals surface area contributed by atoms with Crippen molar-refractivity contribution in [1.82, 2.24) is 0 Å². The van der Waals surface area contributed by atoms with Crippen LogP contribution in [0.15, 0.2) is 0 Å². The van der Waals surface area contributed by atoms with E-state index in [4.69, 9.17) is 0 Å². The van der Waals surface area contributed by atoms with Gasteiger partial charge < -0.3 is 9.59 Å². The summed E-state index contributed by atoms with van der Waals surface area (Å²) in [7, 11) is 0. The molecule has 1 saturated heterocycles. The van der Waals surface area contributed by atoms with E-state index in [-0.39, 0.29) is 6.10 Å². The lowest BCUT2D eigenvalue weighted by molar-refractivity contribution is -0.921. The van der Waals surface area contributed by atoms with E-state index in [1.165, 1.54) is 38.8 Å². The first-order valence-corrected chi connectivity index (χ1v) is 6.23. The predicted octanol–water partition coefficient (Wildman–Crippen LogP) is 1.54. The van der Waals surface area contributed by atoms with Crippen LogP contribution < -0.4 is 5.11 Å². The molecule has 1 unspecified atom stereocenters. The number of likely N-dealkylation sites (tertiary alicyclic amines) is 1. The molecule has 0 saturated carbocycles. The van der Waals surface area contributed by atoms with E-state index in [1.807, 2.05) is 0 Å². The zero-order valence-corrected chi connectivity index (χ0v) is 9.80. The molecule has 0 spiro atoms. The van der Waals surface area contributed by atoms with Crippen LogP contribution in [0.25, 0.3) is 0 Å². The molecular weight excluding hydrogens is 174 g/mol. The third kappa shape index (κ3) is 3.25. The van der Waals surface area contributed by atoms with Crippen molar-refractivity contribution in [2.75, 3.05) is 26.2 Å². The van der Waals surface area contributed by atoms with Crippen LogP contribution in [0, 0.1) is 0 Å². The number of hydrogen-bond acceptors (Lipinski definition) is 1. The Labute approximate surface area is 88.5 Å². The molecule has 1 aliphatic heterocycles. The van der Waals surface area contributed by atoms with Gasteiger partial charge in [-0.15, -0.1) is 0 Å². The second kappa shape index (κ2) is 5.72. The molecule has 0 aromatic carbocycles. The molecule has 0 N–H and O–H groups in total. The predicted molar refractivity (Wildman–Crippen MR) is 57.9 cm³/mol. The third-order valence-corrected chi connectivity index (χ3v) is 3.49. The van der Waals surface area contributed by atoms with E-state index >= 15 is 0 Å². The van der Waals surface area contributed by atoms with Gasteiger partial charge in [0.05, 0.1) is 26.2 Å². The normalized spacial score (nSPS) is 25.5. The highest BCUT2D eigenvalue weighted by molar-refractivity contribution is 4.63. The zero-order valence-electron chi connectivity index (χ0n) is 9.80. The molecular formula is C12H25NO. The highest BCUT2D eigenvalue weighted by atomic mass is 16.3. The lowest BCUT2D eigenvalue weighted by atomic mass is 10.2. The van der Waals surface area contributed by atoms with Crippen molar-refractivity contribution in [3.63, 3.8) is 0 Å². The summed E-state index contributed by atoms with van der Waals surface area (Å²) in [5.41, 5.74) is 0. The van der Waals surface area contributed by atoms with Crippen molar-refractivity contribution in [3.05, 3.63) is 0 Å². The van der Waals surface area contributed by atoms with Crippen LogP contribution in [0.3, 0.4) is 0 Å². The summed E-state index contributed by atoms with van der Waals surface area (Å²) in [6, 6.07) is 0. The lowest BCUT2D eigenvalue weighted by Crippen LogP contribution is -2.49. The topological polar surface area (TPSA) is 23.1 Å². The second-order valence-electron chi connectivity index (χ2n) is 4.81. The van der Waals surface area contributed by atoms with E-state index in [1.54, 1.807) is 0 Å². The highest BCUT2D eigenvalue weighted by Gasteiger charge is 2.31. The summed E-state index contributed by atoms with van der Waals surface area (Å²) in [4.78, 5) is 0. The Bertz CT molecular complexity index is 150. The molecule has 1 fully saturated rings. The molecule has 0 amide bonds. The van der Waals surface area contributed by atoms with Gasteiger partial charge in [-0.2, -0.15) is 0 Å². The Morgan fingerprint density at radius 1 is 1.14 bits per heavy atom. The zero-order chi connectivity index (χ0) is 10.4. The largest absolute Gasteiger partial charge is 0.848 e. The van der Waals surface area contributed by atoms with Crippen LogP contribution in [0.2, 0.25) is 0 Å². The molecule has 0 radical (unpaired) electrons. The van der Waals surface area contributed by atoms with Crippen molar-refractivity contribution >= 4 is 0 Å². The first-order chi connectivity index (χ1) is 6.72. The number of nitrogens with zero attached hydrogens (tertiary/aromatic N) is 1. The van der Waals surface area contributed by atoms with Crippen LogP contribution >= 0.6 is 0 Å². The Morgan fingerprint density at radius 2 is 1.71 bits per heavy atom. The standard InChI is InChI=1S/C12H25NO/c1-3-5-8-13(9-6-4-2)10-7-12(14)11-13/h12H,3-11H2,1-2H3. The van der Waals surface area contributed by atoms with Crippen molar-refractivity contribution in [3.8, 4) is 0 Å². The maximum absolute atomic E-state index is 11.5. The van der Waals surface area contributed by atoms with Gasteiger partial charge in [0.15, 0.2) is 0 Å². The van der Waals surface area contributed by atoms with Gasteiger partial charge in [0.2, 0.25) is 0 Å². The van der Waals surface area contributed by atoms with Crippen molar-refractivity contribution in [1.29, 1.82) is 0 Å². The van der Waals surface area contributed by atoms with E-state index in [2.05, 4.69) is 13.8 Å². The molecule has 1 atom stereocenters. The number of hydrogen-bond donors (Lipinski definition) is 0. The second-order valence-corrected chi connectivity index (χ2v) is 4.81. The third-order valence-electron chi connectivity index (χ3n) is 3.49. The van der Waals surface area contributed by atoms with Gasteiger partial charge >= 0.3 is 0 Å². The number of quaternary nitrogens is 1. The van der Waals surface area contributed by atoms with Crippen molar-refractivity contribution < 1.29 is 9.59 Å². The summed E-state index contributed by atoms with van der Waals surface area (Å²) >= 11 is 0. The lowest BCUT2D eigenvalue weighted by Gasteiger charge is -2.35. The Kier molecular flexibility index (Phi) is 4.90. The van der Waals surface area contributed by atoms with E-state index in [9.17, 15) is 5.11 Å². The first kappa shape index (κ1) is 12.0. The fourth-order valence-corrected chi connectivity index (χ4v) is 2.54. The summed E-state index contributed by atoms with van der Waals surface area (Å²) in [5, 5.41) is 11.5. The summed E-state index contributed by atoms with van der Waals surface area (Å²) in [5.74, 6) is 0. The van der Waals surface area contributed by atoms with Gasteiger partial charge in [-0.05, 0) is 19.3 Å². The Morgan fingerprint density at radius 3 is 2.07 bits per heavy atom. The highest BCUT2D eigenvalue weighted by Crippen LogP contribution is 2.20. The fraction of sp³-hybridized carbons (Fsp3) is 1.00. The molecule has 1 rings (SSSR count). The van der Waals surface area contributed by atoms with Crippen LogP contribution in [0.4, 0.5) is 0 Å². The average molecular weight is 199 g/mol. The average Bonchev–Trinajstić information content (AvgIpc) is 2.55. The SMILES string of the molecule is CCCC[N+]1(CCCC)CCC([O-])C1. The Balaban J connectivity index is 2.42. The summed E-state index contributed by atoms with van der Waals surface area (Å²) in [6.45, 7) is 9.01. The monoisotopic (exact) mass is 199 g/mol. The smallest absolute Gasteiger partial charge is 0.0786 e. The van der Waals surface area contributed by atoms with Crippen molar-refractivity contribution in [2.24, 2.45) is 0 Å². The minimum atomic E-state index is -0.274. The molecule has 14 heavy (non-hydrogen) atoms. The molecule has 1 aliphatic rings. The van der Waals surface area contributed by atoms with Crippen LogP contribution in [0.5, 0.6) is 0 Å². The number of rotatable bonds is 6. The minimum Gasteiger partial charge on any atom is -0.848 e. The van der Waals surface area contributed by atoms with Crippen LogP contribution in [-0.2, 0) is 0 Å². The molecule has 1 heterocycles. The maximum Gasteiger partial charge on any atom is 0.0786 e. The summed E-state index contributed by atoms with van der Waals surface area (Å²) in [6.07, 6.45) is 5.73. The van der Waals surface area contributed by atoms with E-state index in [0.717, 1.165) is 24.0 Å².